The smallest absolute Gasteiger partial charge is 0.246 e. The van der Waals surface area contributed by atoms with E-state index in [0.717, 1.165) is 28.2 Å². The molecule has 4 rings (SSSR count). The largest absolute Gasteiger partial charge is 0.508 e. The summed E-state index contributed by atoms with van der Waals surface area (Å²) in [5, 5.41) is 20.6. The summed E-state index contributed by atoms with van der Waals surface area (Å²) in [5.41, 5.74) is 4.88. The van der Waals surface area contributed by atoms with Gasteiger partial charge in [0.25, 0.3) is 0 Å². The first-order chi connectivity index (χ1) is 14.9. The van der Waals surface area contributed by atoms with Crippen LogP contribution in [0.4, 0.5) is 11.6 Å². The third kappa shape index (κ3) is 4.07. The lowest BCUT2D eigenvalue weighted by Gasteiger charge is -2.13. The van der Waals surface area contributed by atoms with Crippen LogP contribution in [-0.4, -0.2) is 41.9 Å². The van der Waals surface area contributed by atoms with E-state index in [9.17, 15) is 5.11 Å². The topological polar surface area (TPSA) is 114 Å². The number of aromatic amines is 1. The van der Waals surface area contributed by atoms with Gasteiger partial charge in [-0.3, -0.25) is 5.10 Å². The number of anilines is 2. The van der Waals surface area contributed by atoms with E-state index in [1.165, 1.54) is 0 Å². The second kappa shape index (κ2) is 8.10. The number of phenols is 1. The van der Waals surface area contributed by atoms with Gasteiger partial charge in [0, 0.05) is 11.9 Å². The lowest BCUT2D eigenvalue weighted by molar-refractivity contribution is 0.396. The molecule has 3 aromatic heterocycles. The van der Waals surface area contributed by atoms with Gasteiger partial charge in [-0.1, -0.05) is 13.8 Å². The summed E-state index contributed by atoms with van der Waals surface area (Å²) in [5.74, 6) is 1.86. The summed E-state index contributed by atoms with van der Waals surface area (Å²) in [7, 11) is 1.58. The first kappa shape index (κ1) is 20.4. The van der Waals surface area contributed by atoms with Gasteiger partial charge in [-0.05, 0) is 55.2 Å². The second-order valence-electron chi connectivity index (χ2n) is 7.66. The zero-order valence-electron chi connectivity index (χ0n) is 18.1. The second-order valence-corrected chi connectivity index (χ2v) is 7.66. The van der Waals surface area contributed by atoms with E-state index in [1.54, 1.807) is 19.5 Å². The average Bonchev–Trinajstić information content (AvgIpc) is 3.38. The van der Waals surface area contributed by atoms with Crippen molar-refractivity contribution in [2.45, 2.75) is 33.6 Å². The molecule has 0 saturated heterocycles. The Morgan fingerprint density at radius 3 is 2.65 bits per heavy atom. The summed E-state index contributed by atoms with van der Waals surface area (Å²) in [6, 6.07) is 7.42. The predicted molar refractivity (Wildman–Crippen MR) is 118 cm³/mol. The number of aryl methyl sites for hydroxylation is 2. The quantitative estimate of drug-likeness (QED) is 0.400. The monoisotopic (exact) mass is 419 g/mol. The molecule has 1 aromatic carbocycles. The molecular formula is C22H25N7O2. The number of pyridine rings is 1. The number of phenolic OH excluding ortho intramolecular Hbond substituents is 1. The SMILES string of the molecule is COc1nc(-c2nc(Nc3cc(C(C)C)c(O)cc3C)n[nH]2)ccc1-n1cnc(C)c1. The highest BCUT2D eigenvalue weighted by atomic mass is 16.5. The maximum Gasteiger partial charge on any atom is 0.246 e. The summed E-state index contributed by atoms with van der Waals surface area (Å²) in [4.78, 5) is 13.3. The standard InChI is InChI=1S/C22H25N7O2/c1-12(2)15-9-17(13(3)8-19(15)30)25-22-26-20(27-28-22)16-6-7-18(21(24-16)31-5)29-10-14(4)23-11-29/h6-12,30H,1-5H3,(H2,25,26,27,28). The molecule has 0 aliphatic heterocycles. The fraction of sp³-hybridized carbons (Fsp3) is 0.273. The lowest BCUT2D eigenvalue weighted by atomic mass is 9.99. The Kier molecular flexibility index (Phi) is 5.33. The molecule has 160 valence electrons. The Morgan fingerprint density at radius 2 is 1.97 bits per heavy atom. The minimum atomic E-state index is 0.193. The number of benzene rings is 1. The molecule has 0 bridgehead atoms. The number of ether oxygens (including phenoxy) is 1. The van der Waals surface area contributed by atoms with Crippen molar-refractivity contribution in [1.29, 1.82) is 0 Å². The van der Waals surface area contributed by atoms with Crippen molar-refractivity contribution in [2.24, 2.45) is 0 Å². The van der Waals surface area contributed by atoms with Crippen LogP contribution in [-0.2, 0) is 0 Å². The van der Waals surface area contributed by atoms with Crippen LogP contribution >= 0.6 is 0 Å². The highest BCUT2D eigenvalue weighted by Gasteiger charge is 2.15. The van der Waals surface area contributed by atoms with E-state index < -0.39 is 0 Å². The summed E-state index contributed by atoms with van der Waals surface area (Å²) < 4.78 is 7.33. The van der Waals surface area contributed by atoms with Crippen molar-refractivity contribution in [2.75, 3.05) is 12.4 Å². The van der Waals surface area contributed by atoms with Gasteiger partial charge in [0.2, 0.25) is 11.8 Å². The van der Waals surface area contributed by atoms with Gasteiger partial charge in [-0.15, -0.1) is 5.10 Å². The molecular weight excluding hydrogens is 394 g/mol. The number of hydrogen-bond acceptors (Lipinski definition) is 7. The van der Waals surface area contributed by atoms with Gasteiger partial charge in [0.15, 0.2) is 5.82 Å². The van der Waals surface area contributed by atoms with Crippen LogP contribution in [0.5, 0.6) is 11.6 Å². The lowest BCUT2D eigenvalue weighted by Crippen LogP contribution is -2.00. The first-order valence-electron chi connectivity index (χ1n) is 9.95. The van der Waals surface area contributed by atoms with Gasteiger partial charge in [0.1, 0.15) is 17.1 Å². The number of rotatable bonds is 6. The van der Waals surface area contributed by atoms with E-state index in [1.807, 2.05) is 56.7 Å². The number of aromatic hydroxyl groups is 1. The normalized spacial score (nSPS) is 11.2. The highest BCUT2D eigenvalue weighted by Crippen LogP contribution is 2.32. The van der Waals surface area contributed by atoms with Crippen molar-refractivity contribution in [3.05, 3.63) is 53.6 Å². The van der Waals surface area contributed by atoms with Gasteiger partial charge >= 0.3 is 0 Å². The molecule has 0 amide bonds. The first-order valence-corrected chi connectivity index (χ1v) is 9.95. The molecule has 0 spiro atoms. The zero-order chi connectivity index (χ0) is 22.1. The van der Waals surface area contributed by atoms with Crippen molar-refractivity contribution in [1.82, 2.24) is 29.7 Å². The minimum absolute atomic E-state index is 0.193. The van der Waals surface area contributed by atoms with Crippen LogP contribution in [0.25, 0.3) is 17.2 Å². The molecule has 0 aliphatic rings. The van der Waals surface area contributed by atoms with Gasteiger partial charge < -0.3 is 19.7 Å². The van der Waals surface area contributed by atoms with E-state index in [2.05, 4.69) is 30.5 Å². The van der Waals surface area contributed by atoms with Crippen molar-refractivity contribution < 1.29 is 9.84 Å². The molecule has 3 heterocycles. The summed E-state index contributed by atoms with van der Waals surface area (Å²) in [6.07, 6.45) is 3.62. The molecule has 3 N–H and O–H groups in total. The Hall–Kier alpha value is -3.88. The number of nitrogens with zero attached hydrogens (tertiary/aromatic N) is 5. The maximum absolute atomic E-state index is 10.2. The summed E-state index contributed by atoms with van der Waals surface area (Å²) >= 11 is 0. The van der Waals surface area contributed by atoms with Crippen LogP contribution in [0, 0.1) is 13.8 Å². The van der Waals surface area contributed by atoms with Gasteiger partial charge in [-0.25, -0.2) is 9.97 Å². The Morgan fingerprint density at radius 1 is 1.16 bits per heavy atom. The molecule has 0 saturated carbocycles. The molecule has 0 fully saturated rings. The van der Waals surface area contributed by atoms with Crippen LogP contribution in [0.3, 0.4) is 0 Å². The van der Waals surface area contributed by atoms with Crippen LogP contribution < -0.4 is 10.1 Å². The predicted octanol–water partition coefficient (Wildman–Crippen LogP) is 4.25. The Labute approximate surface area is 180 Å². The molecule has 0 unspecified atom stereocenters. The summed E-state index contributed by atoms with van der Waals surface area (Å²) in [6.45, 7) is 7.91. The van der Waals surface area contributed by atoms with Crippen molar-refractivity contribution in [3.8, 4) is 28.8 Å². The molecule has 31 heavy (non-hydrogen) atoms. The third-order valence-electron chi connectivity index (χ3n) is 4.99. The molecule has 0 aliphatic carbocycles. The number of nitrogens with one attached hydrogen (secondary N) is 2. The molecule has 9 nitrogen and oxygen atoms in total. The molecule has 0 atom stereocenters. The Bertz CT molecular complexity index is 1230. The van der Waals surface area contributed by atoms with Gasteiger partial charge in [0.05, 0.1) is 19.1 Å². The van der Waals surface area contributed by atoms with Crippen LogP contribution in [0.1, 0.15) is 36.6 Å². The van der Waals surface area contributed by atoms with Crippen molar-refractivity contribution in [3.63, 3.8) is 0 Å². The maximum atomic E-state index is 10.2. The van der Waals surface area contributed by atoms with E-state index >= 15 is 0 Å². The molecule has 4 aromatic rings. The molecule has 9 heteroatoms. The average molecular weight is 419 g/mol. The minimum Gasteiger partial charge on any atom is -0.508 e. The zero-order valence-corrected chi connectivity index (χ0v) is 18.1. The number of hydrogen-bond donors (Lipinski definition) is 3. The van der Waals surface area contributed by atoms with E-state index in [0.29, 0.717) is 23.3 Å². The van der Waals surface area contributed by atoms with Gasteiger partial charge in [-0.2, -0.15) is 4.98 Å². The number of methoxy groups -OCH3 is 1. The number of aromatic nitrogens is 6. The van der Waals surface area contributed by atoms with E-state index in [4.69, 9.17) is 4.74 Å². The fourth-order valence-corrected chi connectivity index (χ4v) is 3.32. The Balaban J connectivity index is 1.61. The third-order valence-corrected chi connectivity index (χ3v) is 4.99. The van der Waals surface area contributed by atoms with E-state index in [-0.39, 0.29) is 11.7 Å². The number of H-pyrrole nitrogens is 1. The molecule has 0 radical (unpaired) electrons. The fourth-order valence-electron chi connectivity index (χ4n) is 3.32. The number of imidazole rings is 1. The van der Waals surface area contributed by atoms with Crippen LogP contribution in [0.15, 0.2) is 36.8 Å². The van der Waals surface area contributed by atoms with Crippen molar-refractivity contribution >= 4 is 11.6 Å². The highest BCUT2D eigenvalue weighted by molar-refractivity contribution is 5.64. The van der Waals surface area contributed by atoms with Crippen LogP contribution in [0.2, 0.25) is 0 Å².